The molecule has 0 spiro atoms. The van der Waals surface area contributed by atoms with Crippen molar-refractivity contribution in [2.24, 2.45) is 0 Å². The molecule has 17 heavy (non-hydrogen) atoms. The zero-order valence-electron chi connectivity index (χ0n) is 10.0. The van der Waals surface area contributed by atoms with E-state index in [1.165, 1.54) is 18.5 Å². The van der Waals surface area contributed by atoms with E-state index in [2.05, 4.69) is 9.88 Å². The lowest BCUT2D eigenvalue weighted by molar-refractivity contribution is 0.126. The molecule has 0 saturated carbocycles. The van der Waals surface area contributed by atoms with Crippen LogP contribution in [-0.4, -0.2) is 35.4 Å². The van der Waals surface area contributed by atoms with Gasteiger partial charge in [0.2, 0.25) is 5.88 Å². The minimum Gasteiger partial charge on any atom is -0.481 e. The molecule has 2 saturated heterocycles. The third kappa shape index (κ3) is 1.86. The summed E-state index contributed by atoms with van der Waals surface area (Å²) >= 11 is 0. The average molecular weight is 234 g/mol. The van der Waals surface area contributed by atoms with Crippen molar-refractivity contribution in [2.75, 3.05) is 12.0 Å². The Kier molecular flexibility index (Phi) is 2.67. The smallest absolute Gasteiger partial charge is 0.214 e. The first-order valence-corrected chi connectivity index (χ1v) is 6.24. The Balaban J connectivity index is 1.89. The number of aliphatic hydroxyl groups is 1. The Hall–Kier alpha value is -1.29. The van der Waals surface area contributed by atoms with Crippen molar-refractivity contribution in [3.8, 4) is 5.88 Å². The number of ether oxygens (including phenoxy) is 1. The van der Waals surface area contributed by atoms with Crippen molar-refractivity contribution >= 4 is 5.69 Å². The van der Waals surface area contributed by atoms with Gasteiger partial charge in [0.05, 0.1) is 13.2 Å². The standard InChI is InChI=1S/C13H18N2O2/c1-17-13-8-11(4-5-14-13)15-9-2-3-10(15)7-12(16)6-9/h4-5,8-10,12,16H,2-3,6-7H2,1H3. The highest BCUT2D eigenvalue weighted by molar-refractivity contribution is 5.52. The highest BCUT2D eigenvalue weighted by atomic mass is 16.5. The molecule has 3 rings (SSSR count). The molecular formula is C13H18N2O2. The Morgan fingerprint density at radius 2 is 2.06 bits per heavy atom. The van der Waals surface area contributed by atoms with E-state index in [4.69, 9.17) is 4.74 Å². The summed E-state index contributed by atoms with van der Waals surface area (Å²) in [5.74, 6) is 0.660. The fourth-order valence-electron chi connectivity index (χ4n) is 3.24. The molecule has 2 fully saturated rings. The zero-order chi connectivity index (χ0) is 11.8. The number of anilines is 1. The molecule has 0 aliphatic carbocycles. The quantitative estimate of drug-likeness (QED) is 0.844. The van der Waals surface area contributed by atoms with Crippen molar-refractivity contribution in [1.29, 1.82) is 0 Å². The lowest BCUT2D eigenvalue weighted by atomic mass is 9.99. The van der Waals surface area contributed by atoms with Gasteiger partial charge >= 0.3 is 0 Å². The first-order chi connectivity index (χ1) is 8.28. The number of rotatable bonds is 2. The normalized spacial score (nSPS) is 31.6. The van der Waals surface area contributed by atoms with Gasteiger partial charge in [-0.2, -0.15) is 0 Å². The molecule has 0 amide bonds. The largest absolute Gasteiger partial charge is 0.481 e. The van der Waals surface area contributed by atoms with E-state index < -0.39 is 0 Å². The predicted octanol–water partition coefficient (Wildman–Crippen LogP) is 1.58. The lowest BCUT2D eigenvalue weighted by Gasteiger charge is -2.39. The van der Waals surface area contributed by atoms with Gasteiger partial charge in [0.1, 0.15) is 0 Å². The molecule has 0 radical (unpaired) electrons. The van der Waals surface area contributed by atoms with E-state index in [9.17, 15) is 5.11 Å². The minimum atomic E-state index is -0.118. The number of methoxy groups -OCH3 is 1. The number of pyridine rings is 1. The number of hydrogen-bond acceptors (Lipinski definition) is 4. The Morgan fingerprint density at radius 1 is 1.35 bits per heavy atom. The van der Waals surface area contributed by atoms with Crippen LogP contribution < -0.4 is 9.64 Å². The summed E-state index contributed by atoms with van der Waals surface area (Å²) in [6, 6.07) is 4.99. The van der Waals surface area contributed by atoms with Gasteiger partial charge in [-0.1, -0.05) is 0 Å². The fourth-order valence-corrected chi connectivity index (χ4v) is 3.24. The van der Waals surface area contributed by atoms with Crippen molar-refractivity contribution in [3.63, 3.8) is 0 Å². The summed E-state index contributed by atoms with van der Waals surface area (Å²) in [5, 5.41) is 9.79. The van der Waals surface area contributed by atoms with Crippen LogP contribution in [0.3, 0.4) is 0 Å². The molecule has 2 aliphatic heterocycles. The number of fused-ring (bicyclic) bond motifs is 2. The highest BCUT2D eigenvalue weighted by Crippen LogP contribution is 2.39. The molecule has 2 aliphatic rings. The van der Waals surface area contributed by atoms with Gasteiger partial charge in [-0.25, -0.2) is 4.98 Å². The topological polar surface area (TPSA) is 45.6 Å². The summed E-state index contributed by atoms with van der Waals surface area (Å²) in [4.78, 5) is 6.58. The third-order valence-electron chi connectivity index (χ3n) is 3.93. The van der Waals surface area contributed by atoms with Crippen molar-refractivity contribution in [1.82, 2.24) is 4.98 Å². The Labute approximate surface area is 101 Å². The van der Waals surface area contributed by atoms with Crippen LogP contribution in [-0.2, 0) is 0 Å². The van der Waals surface area contributed by atoms with Gasteiger partial charge in [0, 0.05) is 30.0 Å². The van der Waals surface area contributed by atoms with Crippen LogP contribution in [0.25, 0.3) is 0 Å². The van der Waals surface area contributed by atoms with E-state index in [1.807, 2.05) is 12.1 Å². The van der Waals surface area contributed by atoms with Crippen LogP contribution in [0, 0.1) is 0 Å². The molecule has 92 valence electrons. The van der Waals surface area contributed by atoms with Crippen molar-refractivity contribution in [2.45, 2.75) is 43.9 Å². The summed E-state index contributed by atoms with van der Waals surface area (Å²) in [7, 11) is 1.64. The molecule has 4 heteroatoms. The first-order valence-electron chi connectivity index (χ1n) is 6.24. The van der Waals surface area contributed by atoms with E-state index >= 15 is 0 Å². The van der Waals surface area contributed by atoms with E-state index in [1.54, 1.807) is 13.3 Å². The zero-order valence-corrected chi connectivity index (χ0v) is 10.0. The summed E-state index contributed by atoms with van der Waals surface area (Å²) in [6.45, 7) is 0. The van der Waals surface area contributed by atoms with Gasteiger partial charge in [-0.15, -0.1) is 0 Å². The molecule has 2 atom stereocenters. The van der Waals surface area contributed by atoms with E-state index in [0.717, 1.165) is 12.8 Å². The van der Waals surface area contributed by atoms with Gasteiger partial charge in [-0.05, 0) is 31.7 Å². The fraction of sp³-hybridized carbons (Fsp3) is 0.615. The molecule has 2 bridgehead atoms. The van der Waals surface area contributed by atoms with Crippen LogP contribution in [0.1, 0.15) is 25.7 Å². The monoisotopic (exact) mass is 234 g/mol. The van der Waals surface area contributed by atoms with Gasteiger partial charge in [0.25, 0.3) is 0 Å². The molecule has 4 nitrogen and oxygen atoms in total. The van der Waals surface area contributed by atoms with Gasteiger partial charge < -0.3 is 14.7 Å². The highest BCUT2D eigenvalue weighted by Gasteiger charge is 2.40. The Morgan fingerprint density at radius 3 is 2.71 bits per heavy atom. The lowest BCUT2D eigenvalue weighted by Crippen LogP contribution is -2.44. The SMILES string of the molecule is COc1cc(N2C3CCC2CC(O)C3)ccn1. The number of piperidine rings is 1. The van der Waals surface area contributed by atoms with Crippen LogP contribution in [0.5, 0.6) is 5.88 Å². The molecule has 1 aromatic heterocycles. The summed E-state index contributed by atoms with van der Waals surface area (Å²) < 4.78 is 5.17. The Bertz CT molecular complexity index is 396. The van der Waals surface area contributed by atoms with E-state index in [-0.39, 0.29) is 6.10 Å². The first kappa shape index (κ1) is 10.8. The third-order valence-corrected chi connectivity index (χ3v) is 3.93. The molecule has 2 unspecified atom stereocenters. The number of hydrogen-bond donors (Lipinski definition) is 1. The van der Waals surface area contributed by atoms with Gasteiger partial charge in [0.15, 0.2) is 0 Å². The molecule has 0 aromatic carbocycles. The maximum absolute atomic E-state index is 9.79. The maximum atomic E-state index is 9.79. The van der Waals surface area contributed by atoms with Crippen LogP contribution in [0.4, 0.5) is 5.69 Å². The summed E-state index contributed by atoms with van der Waals surface area (Å²) in [5.41, 5.74) is 1.18. The molecule has 1 N–H and O–H groups in total. The predicted molar refractivity (Wildman–Crippen MR) is 65.3 cm³/mol. The minimum absolute atomic E-state index is 0.118. The number of nitrogens with zero attached hydrogens (tertiary/aromatic N) is 2. The number of aliphatic hydroxyl groups excluding tert-OH is 1. The van der Waals surface area contributed by atoms with Crippen LogP contribution in [0.2, 0.25) is 0 Å². The van der Waals surface area contributed by atoms with Gasteiger partial charge in [-0.3, -0.25) is 0 Å². The van der Waals surface area contributed by atoms with E-state index in [0.29, 0.717) is 18.0 Å². The second-order valence-corrected chi connectivity index (χ2v) is 4.97. The maximum Gasteiger partial charge on any atom is 0.214 e. The number of aromatic nitrogens is 1. The van der Waals surface area contributed by atoms with Crippen LogP contribution in [0.15, 0.2) is 18.3 Å². The summed E-state index contributed by atoms with van der Waals surface area (Å²) in [6.07, 6.45) is 5.83. The second-order valence-electron chi connectivity index (χ2n) is 4.97. The average Bonchev–Trinajstić information content (AvgIpc) is 2.62. The molecular weight excluding hydrogens is 216 g/mol. The molecule has 1 aromatic rings. The second kappa shape index (κ2) is 4.18. The van der Waals surface area contributed by atoms with Crippen molar-refractivity contribution in [3.05, 3.63) is 18.3 Å². The molecule has 3 heterocycles. The van der Waals surface area contributed by atoms with Crippen LogP contribution >= 0.6 is 0 Å². The van der Waals surface area contributed by atoms with Crippen molar-refractivity contribution < 1.29 is 9.84 Å².